The Morgan fingerprint density at radius 3 is 2.15 bits per heavy atom. The summed E-state index contributed by atoms with van der Waals surface area (Å²) in [7, 11) is -1.85. The van der Waals surface area contributed by atoms with Crippen LogP contribution in [0.3, 0.4) is 0 Å². The molecule has 0 aliphatic heterocycles. The van der Waals surface area contributed by atoms with Gasteiger partial charge in [0.2, 0.25) is 14.2 Å². The van der Waals surface area contributed by atoms with E-state index in [1.807, 2.05) is 62.4 Å². The van der Waals surface area contributed by atoms with Crippen LogP contribution >= 0.6 is 0 Å². The number of rotatable bonds is 5. The highest BCUT2D eigenvalue weighted by Crippen LogP contribution is 2.37. The molecule has 0 heterocycles. The van der Waals surface area contributed by atoms with Gasteiger partial charge in [-0.1, -0.05) is 45.0 Å². The second kappa shape index (κ2) is 7.66. The van der Waals surface area contributed by atoms with Crippen molar-refractivity contribution < 1.29 is 9.22 Å². The van der Waals surface area contributed by atoms with E-state index in [4.69, 9.17) is 4.43 Å². The third-order valence-corrected chi connectivity index (χ3v) is 9.71. The predicted octanol–water partition coefficient (Wildman–Crippen LogP) is 6.12. The second-order valence-corrected chi connectivity index (χ2v) is 13.2. The van der Waals surface area contributed by atoms with E-state index < -0.39 is 8.32 Å². The van der Waals surface area contributed by atoms with E-state index in [-0.39, 0.29) is 16.9 Å². The van der Waals surface area contributed by atoms with Crippen LogP contribution in [0.5, 0.6) is 5.75 Å². The van der Waals surface area contributed by atoms with Crippen molar-refractivity contribution in [2.75, 3.05) is 5.32 Å². The number of hydrogen-bond acceptors (Lipinski definition) is 2. The first kappa shape index (κ1) is 20.2. The molecular formula is C22H31NO2Si. The van der Waals surface area contributed by atoms with Gasteiger partial charge in [-0.15, -0.1) is 0 Å². The van der Waals surface area contributed by atoms with E-state index >= 15 is 0 Å². The highest BCUT2D eigenvalue weighted by Gasteiger charge is 2.38. The molecule has 1 amide bonds. The van der Waals surface area contributed by atoms with Gasteiger partial charge >= 0.3 is 0 Å². The minimum Gasteiger partial charge on any atom is -0.544 e. The van der Waals surface area contributed by atoms with Crippen LogP contribution in [0.15, 0.2) is 48.5 Å². The van der Waals surface area contributed by atoms with Crippen molar-refractivity contribution in [2.24, 2.45) is 0 Å². The van der Waals surface area contributed by atoms with Gasteiger partial charge in [-0.2, -0.15) is 0 Å². The Balaban J connectivity index is 2.05. The van der Waals surface area contributed by atoms with E-state index in [1.165, 1.54) is 0 Å². The fourth-order valence-corrected chi connectivity index (χ4v) is 3.55. The average molecular weight is 370 g/mol. The Morgan fingerprint density at radius 2 is 1.62 bits per heavy atom. The number of nitrogens with one attached hydrogen (secondary N) is 1. The third kappa shape index (κ3) is 4.76. The lowest BCUT2D eigenvalue weighted by atomic mass is 9.96. The van der Waals surface area contributed by atoms with Crippen molar-refractivity contribution in [3.63, 3.8) is 0 Å². The highest BCUT2D eigenvalue weighted by molar-refractivity contribution is 6.74. The minimum absolute atomic E-state index is 0.00244. The molecule has 0 radical (unpaired) electrons. The molecule has 0 bridgehead atoms. The summed E-state index contributed by atoms with van der Waals surface area (Å²) in [5.74, 6) is 0.665. The van der Waals surface area contributed by atoms with Gasteiger partial charge in [0.1, 0.15) is 5.75 Å². The maximum atomic E-state index is 12.6. The molecule has 3 nitrogen and oxygen atoms in total. The Hall–Kier alpha value is -2.07. The normalized spacial score (nSPS) is 13.2. The molecule has 140 valence electrons. The zero-order valence-electron chi connectivity index (χ0n) is 17.0. The lowest BCUT2D eigenvalue weighted by molar-refractivity contribution is -0.117. The summed E-state index contributed by atoms with van der Waals surface area (Å²) in [6.07, 6.45) is 0. The van der Waals surface area contributed by atoms with Crippen molar-refractivity contribution >= 4 is 19.9 Å². The van der Waals surface area contributed by atoms with Gasteiger partial charge in [0.25, 0.3) is 0 Å². The summed E-state index contributed by atoms with van der Waals surface area (Å²) in [6.45, 7) is 15.1. The number of anilines is 1. The van der Waals surface area contributed by atoms with Crippen molar-refractivity contribution in [1.29, 1.82) is 0 Å². The summed E-state index contributed by atoms with van der Waals surface area (Å²) in [4.78, 5) is 12.6. The molecule has 0 aromatic heterocycles. The van der Waals surface area contributed by atoms with E-state index in [0.717, 1.165) is 22.6 Å². The topological polar surface area (TPSA) is 38.3 Å². The largest absolute Gasteiger partial charge is 0.544 e. The maximum Gasteiger partial charge on any atom is 0.250 e. The minimum atomic E-state index is -1.85. The summed E-state index contributed by atoms with van der Waals surface area (Å²) >= 11 is 0. The molecule has 1 unspecified atom stereocenters. The number of aryl methyl sites for hydroxylation is 1. The van der Waals surface area contributed by atoms with Crippen LogP contribution in [0.25, 0.3) is 0 Å². The lowest BCUT2D eigenvalue weighted by Crippen LogP contribution is -2.43. The zero-order valence-corrected chi connectivity index (χ0v) is 18.0. The van der Waals surface area contributed by atoms with Gasteiger partial charge < -0.3 is 9.74 Å². The molecule has 2 rings (SSSR count). The van der Waals surface area contributed by atoms with Crippen LogP contribution in [-0.2, 0) is 4.79 Å². The Labute approximate surface area is 158 Å². The van der Waals surface area contributed by atoms with Crippen LogP contribution < -0.4 is 9.74 Å². The maximum absolute atomic E-state index is 12.6. The summed E-state index contributed by atoms with van der Waals surface area (Å²) in [5.41, 5.74) is 2.98. The molecule has 0 spiro atoms. The van der Waals surface area contributed by atoms with Crippen molar-refractivity contribution in [1.82, 2.24) is 0 Å². The summed E-state index contributed by atoms with van der Waals surface area (Å²) in [5, 5.41) is 3.16. The number of benzene rings is 2. The van der Waals surface area contributed by atoms with Crippen LogP contribution in [0, 0.1) is 6.92 Å². The van der Waals surface area contributed by atoms with Crippen LogP contribution in [0.2, 0.25) is 18.1 Å². The molecule has 0 aliphatic rings. The molecule has 0 saturated carbocycles. The molecular weight excluding hydrogens is 338 g/mol. The predicted molar refractivity (Wildman–Crippen MR) is 112 cm³/mol. The fraction of sp³-hybridized carbons (Fsp3) is 0.409. The van der Waals surface area contributed by atoms with E-state index in [9.17, 15) is 4.79 Å². The molecule has 2 aromatic carbocycles. The smallest absolute Gasteiger partial charge is 0.250 e. The molecule has 26 heavy (non-hydrogen) atoms. The summed E-state index contributed by atoms with van der Waals surface area (Å²) in [6, 6.07) is 15.7. The average Bonchev–Trinajstić information content (AvgIpc) is 2.55. The molecule has 4 heteroatoms. The summed E-state index contributed by atoms with van der Waals surface area (Å²) < 4.78 is 6.28. The Morgan fingerprint density at radius 1 is 1.04 bits per heavy atom. The number of hydrogen-bond donors (Lipinski definition) is 1. The monoisotopic (exact) mass is 369 g/mol. The van der Waals surface area contributed by atoms with Gasteiger partial charge in [0.15, 0.2) is 0 Å². The van der Waals surface area contributed by atoms with Crippen LogP contribution in [-0.4, -0.2) is 14.2 Å². The fourth-order valence-electron chi connectivity index (χ4n) is 2.52. The van der Waals surface area contributed by atoms with Gasteiger partial charge in [0, 0.05) is 5.69 Å². The van der Waals surface area contributed by atoms with Gasteiger partial charge in [-0.05, 0) is 67.4 Å². The van der Waals surface area contributed by atoms with Crippen LogP contribution in [0.1, 0.15) is 44.7 Å². The van der Waals surface area contributed by atoms with E-state index in [0.29, 0.717) is 0 Å². The highest BCUT2D eigenvalue weighted by atomic mass is 28.4. The Kier molecular flexibility index (Phi) is 5.97. The SMILES string of the molecule is Cc1ccccc1C(C)C(=O)Nc1ccc(O[Si](C)(C)C(C)(C)C)cc1. The lowest BCUT2D eigenvalue weighted by Gasteiger charge is -2.36. The molecule has 1 N–H and O–H groups in total. The standard InChI is InChI=1S/C22H31NO2Si/c1-16-10-8-9-11-20(16)17(2)21(24)23-18-12-14-19(15-13-18)25-26(6,7)22(3,4)5/h8-15,17H,1-7H3,(H,23,24). The molecule has 0 saturated heterocycles. The first-order chi connectivity index (χ1) is 12.0. The van der Waals surface area contributed by atoms with Gasteiger partial charge in [0.05, 0.1) is 5.92 Å². The number of amides is 1. The Bertz CT molecular complexity index is 760. The molecule has 1 atom stereocenters. The van der Waals surface area contributed by atoms with Crippen LogP contribution in [0.4, 0.5) is 5.69 Å². The van der Waals surface area contributed by atoms with Crippen molar-refractivity contribution in [3.8, 4) is 5.75 Å². The molecule has 0 aliphatic carbocycles. The number of carbonyl (C=O) groups excluding carboxylic acids is 1. The van der Waals surface area contributed by atoms with E-state index in [2.05, 4.69) is 39.2 Å². The first-order valence-corrected chi connectivity index (χ1v) is 12.1. The first-order valence-electron chi connectivity index (χ1n) is 9.17. The third-order valence-electron chi connectivity index (χ3n) is 5.35. The van der Waals surface area contributed by atoms with E-state index in [1.54, 1.807) is 0 Å². The van der Waals surface area contributed by atoms with Crippen molar-refractivity contribution in [3.05, 3.63) is 59.7 Å². The van der Waals surface area contributed by atoms with Crippen molar-refractivity contribution in [2.45, 2.75) is 58.7 Å². The zero-order chi connectivity index (χ0) is 19.5. The molecule has 2 aromatic rings. The van der Waals surface area contributed by atoms with Gasteiger partial charge in [-0.3, -0.25) is 4.79 Å². The quantitative estimate of drug-likeness (QED) is 0.645. The second-order valence-electron chi connectivity index (χ2n) is 8.45. The van der Waals surface area contributed by atoms with Gasteiger partial charge in [-0.25, -0.2) is 0 Å². The number of carbonyl (C=O) groups is 1. The molecule has 0 fully saturated rings.